The number of ether oxygens (including phenoxy) is 4. The van der Waals surface area contributed by atoms with E-state index in [9.17, 15) is 4.79 Å². The summed E-state index contributed by atoms with van der Waals surface area (Å²) in [6.45, 7) is 4.29. The van der Waals surface area contributed by atoms with Gasteiger partial charge in [0.15, 0.2) is 11.5 Å². The van der Waals surface area contributed by atoms with Crippen molar-refractivity contribution in [3.8, 4) is 23.0 Å². The van der Waals surface area contributed by atoms with Crippen LogP contribution in [0.5, 0.6) is 23.0 Å². The van der Waals surface area contributed by atoms with Gasteiger partial charge in [0.05, 0.1) is 46.3 Å². The first-order chi connectivity index (χ1) is 14.5. The largest absolute Gasteiger partial charge is 0.496 e. The number of fused-ring (bicyclic) bond motifs is 2. The second-order valence-corrected chi connectivity index (χ2v) is 8.23. The molecule has 2 unspecified atom stereocenters. The summed E-state index contributed by atoms with van der Waals surface area (Å²) in [4.78, 5) is 13.2. The van der Waals surface area contributed by atoms with Crippen LogP contribution in [-0.4, -0.2) is 51.4 Å². The van der Waals surface area contributed by atoms with Gasteiger partial charge in [-0.1, -0.05) is 18.2 Å². The SMILES string of the molecule is CC[N+]1(C)CCc2cc3c(c(OC)c2C1CC(=O)Cc1ccccc1OC)OCO3. The minimum absolute atomic E-state index is 0.00501. The molecule has 30 heavy (non-hydrogen) atoms. The van der Waals surface area contributed by atoms with Gasteiger partial charge in [0.25, 0.3) is 0 Å². The van der Waals surface area contributed by atoms with Crippen molar-refractivity contribution in [2.24, 2.45) is 0 Å². The highest BCUT2D eigenvalue weighted by Gasteiger charge is 2.43. The van der Waals surface area contributed by atoms with Crippen LogP contribution in [0.15, 0.2) is 30.3 Å². The Morgan fingerprint density at radius 3 is 2.73 bits per heavy atom. The van der Waals surface area contributed by atoms with Crippen LogP contribution < -0.4 is 18.9 Å². The minimum atomic E-state index is 0.00501. The molecule has 2 aliphatic heterocycles. The molecule has 2 atom stereocenters. The first-order valence-electron chi connectivity index (χ1n) is 10.5. The van der Waals surface area contributed by atoms with Crippen LogP contribution in [0.25, 0.3) is 0 Å². The van der Waals surface area contributed by atoms with E-state index in [1.165, 1.54) is 5.56 Å². The van der Waals surface area contributed by atoms with Gasteiger partial charge in [0, 0.05) is 18.4 Å². The number of likely N-dealkylation sites (N-methyl/N-ethyl adjacent to an activating group) is 1. The first-order valence-corrected chi connectivity index (χ1v) is 10.5. The molecular formula is C24H30NO5+. The summed E-state index contributed by atoms with van der Waals surface area (Å²) in [7, 11) is 5.53. The third kappa shape index (κ3) is 3.49. The molecule has 0 bridgehead atoms. The summed E-state index contributed by atoms with van der Waals surface area (Å²) < 4.78 is 23.4. The lowest BCUT2D eigenvalue weighted by molar-refractivity contribution is -0.939. The summed E-state index contributed by atoms with van der Waals surface area (Å²) in [5.41, 5.74) is 3.20. The van der Waals surface area contributed by atoms with Crippen LogP contribution >= 0.6 is 0 Å². The lowest BCUT2D eigenvalue weighted by Gasteiger charge is -2.45. The molecule has 2 heterocycles. The highest BCUT2D eigenvalue weighted by molar-refractivity contribution is 5.82. The topological polar surface area (TPSA) is 54.0 Å². The van der Waals surface area contributed by atoms with Gasteiger partial charge < -0.3 is 23.4 Å². The zero-order valence-electron chi connectivity index (χ0n) is 18.2. The summed E-state index contributed by atoms with van der Waals surface area (Å²) in [6.07, 6.45) is 1.71. The van der Waals surface area contributed by atoms with Crippen LogP contribution in [0.2, 0.25) is 0 Å². The number of para-hydroxylation sites is 1. The van der Waals surface area contributed by atoms with E-state index < -0.39 is 0 Å². The number of carbonyl (C=O) groups is 1. The van der Waals surface area contributed by atoms with E-state index in [0.29, 0.717) is 24.3 Å². The van der Waals surface area contributed by atoms with Gasteiger partial charge >= 0.3 is 0 Å². The molecule has 0 amide bonds. The summed E-state index contributed by atoms with van der Waals surface area (Å²) in [5.74, 6) is 3.05. The van der Waals surface area contributed by atoms with Crippen molar-refractivity contribution < 1.29 is 28.2 Å². The van der Waals surface area contributed by atoms with Crippen molar-refractivity contribution in [3.05, 3.63) is 47.0 Å². The highest BCUT2D eigenvalue weighted by Crippen LogP contribution is 2.51. The van der Waals surface area contributed by atoms with E-state index >= 15 is 0 Å². The number of carbonyl (C=O) groups excluding carboxylic acids is 1. The quantitative estimate of drug-likeness (QED) is 0.649. The number of Topliss-reactive ketones (excluding diaryl/α,β-unsaturated/α-hetero) is 1. The van der Waals surface area contributed by atoms with Gasteiger partial charge in [-0.2, -0.15) is 0 Å². The molecule has 0 spiro atoms. The Balaban J connectivity index is 1.70. The lowest BCUT2D eigenvalue weighted by Crippen LogP contribution is -2.51. The molecule has 0 saturated heterocycles. The number of ketones is 1. The van der Waals surface area contributed by atoms with Gasteiger partial charge in [-0.3, -0.25) is 4.79 Å². The smallest absolute Gasteiger partial charge is 0.231 e. The van der Waals surface area contributed by atoms with Crippen LogP contribution in [0.4, 0.5) is 0 Å². The molecule has 0 fully saturated rings. The van der Waals surface area contributed by atoms with Gasteiger partial charge in [-0.25, -0.2) is 0 Å². The number of quaternary nitrogens is 1. The van der Waals surface area contributed by atoms with Crippen molar-refractivity contribution in [2.75, 3.05) is 41.1 Å². The standard InChI is InChI=1S/C24H30NO5/c1-5-25(2)11-10-17-13-21-23(30-15-29-21)24(28-4)22(17)19(25)14-18(26)12-16-8-6-7-9-20(16)27-3/h6-9,13,19H,5,10-12,14-15H2,1-4H3/q+1. The van der Waals surface area contributed by atoms with Crippen molar-refractivity contribution in [1.82, 2.24) is 0 Å². The van der Waals surface area contributed by atoms with Crippen LogP contribution in [-0.2, 0) is 17.6 Å². The molecule has 2 aromatic rings. The fourth-order valence-corrected chi connectivity index (χ4v) is 4.75. The third-order valence-corrected chi connectivity index (χ3v) is 6.65. The number of hydrogen-bond donors (Lipinski definition) is 0. The molecule has 0 N–H and O–H groups in total. The van der Waals surface area contributed by atoms with Crippen molar-refractivity contribution in [3.63, 3.8) is 0 Å². The Morgan fingerprint density at radius 1 is 1.20 bits per heavy atom. The molecular weight excluding hydrogens is 382 g/mol. The fraction of sp³-hybridized carbons (Fsp3) is 0.458. The lowest BCUT2D eigenvalue weighted by atomic mass is 9.85. The predicted molar refractivity (Wildman–Crippen MR) is 113 cm³/mol. The highest BCUT2D eigenvalue weighted by atomic mass is 16.7. The molecule has 0 saturated carbocycles. The normalized spacial score (nSPS) is 21.8. The van der Waals surface area contributed by atoms with Gasteiger partial charge in [-0.05, 0) is 24.6 Å². The maximum absolute atomic E-state index is 13.2. The molecule has 2 aliphatic rings. The van der Waals surface area contributed by atoms with E-state index in [4.69, 9.17) is 18.9 Å². The van der Waals surface area contributed by atoms with E-state index in [1.54, 1.807) is 14.2 Å². The number of hydrogen-bond acceptors (Lipinski definition) is 5. The van der Waals surface area contributed by atoms with Crippen LogP contribution in [0.1, 0.15) is 36.1 Å². The van der Waals surface area contributed by atoms with Crippen LogP contribution in [0.3, 0.4) is 0 Å². The maximum Gasteiger partial charge on any atom is 0.231 e. The van der Waals surface area contributed by atoms with E-state index in [2.05, 4.69) is 20.0 Å². The zero-order chi connectivity index (χ0) is 21.3. The maximum atomic E-state index is 13.2. The van der Waals surface area contributed by atoms with Crippen molar-refractivity contribution in [1.29, 1.82) is 0 Å². The van der Waals surface area contributed by atoms with Crippen molar-refractivity contribution >= 4 is 5.78 Å². The van der Waals surface area contributed by atoms with E-state index in [0.717, 1.165) is 46.6 Å². The monoisotopic (exact) mass is 412 g/mol. The Bertz CT molecular complexity index is 957. The first kappa shape index (κ1) is 20.5. The average molecular weight is 413 g/mol. The Morgan fingerprint density at radius 2 is 2.00 bits per heavy atom. The fourth-order valence-electron chi connectivity index (χ4n) is 4.75. The zero-order valence-corrected chi connectivity index (χ0v) is 18.2. The number of methoxy groups -OCH3 is 2. The van der Waals surface area contributed by atoms with Crippen LogP contribution in [0, 0.1) is 0 Å². The third-order valence-electron chi connectivity index (χ3n) is 6.65. The molecule has 4 rings (SSSR count). The second-order valence-electron chi connectivity index (χ2n) is 8.23. The number of nitrogens with zero attached hydrogens (tertiary/aromatic N) is 1. The predicted octanol–water partition coefficient (Wildman–Crippen LogP) is 3.70. The number of rotatable bonds is 7. The Hall–Kier alpha value is -2.73. The molecule has 6 heteroatoms. The van der Waals surface area contributed by atoms with Gasteiger partial charge in [-0.15, -0.1) is 0 Å². The molecule has 0 aliphatic carbocycles. The number of benzene rings is 2. The Kier molecular flexibility index (Phi) is 5.60. The van der Waals surface area contributed by atoms with Gasteiger partial charge in [0.1, 0.15) is 17.6 Å². The minimum Gasteiger partial charge on any atom is -0.496 e. The molecule has 2 aromatic carbocycles. The van der Waals surface area contributed by atoms with Crippen molar-refractivity contribution in [2.45, 2.75) is 32.2 Å². The van der Waals surface area contributed by atoms with Gasteiger partial charge in [0.2, 0.25) is 12.5 Å². The second kappa shape index (κ2) is 8.19. The molecule has 160 valence electrons. The molecule has 0 radical (unpaired) electrons. The van der Waals surface area contributed by atoms with E-state index in [-0.39, 0.29) is 18.6 Å². The molecule has 6 nitrogen and oxygen atoms in total. The molecule has 0 aromatic heterocycles. The summed E-state index contributed by atoms with van der Waals surface area (Å²) in [6, 6.07) is 9.79. The summed E-state index contributed by atoms with van der Waals surface area (Å²) >= 11 is 0. The Labute approximate surface area is 177 Å². The van der Waals surface area contributed by atoms with E-state index in [1.807, 2.05) is 24.3 Å². The summed E-state index contributed by atoms with van der Waals surface area (Å²) in [5, 5.41) is 0. The average Bonchev–Trinajstić information content (AvgIpc) is 3.23.